The lowest BCUT2D eigenvalue weighted by molar-refractivity contribution is 0.0999. The molecule has 20 heavy (non-hydrogen) atoms. The van der Waals surface area contributed by atoms with Crippen LogP contribution in [-0.2, 0) is 6.54 Å². The van der Waals surface area contributed by atoms with Crippen LogP contribution >= 0.6 is 11.3 Å². The zero-order chi connectivity index (χ0) is 14.1. The molecule has 2 N–H and O–H groups in total. The molecule has 1 aromatic carbocycles. The minimum absolute atomic E-state index is 0.0528. The Kier molecular flexibility index (Phi) is 3.12. The Bertz CT molecular complexity index is 848. The quantitative estimate of drug-likeness (QED) is 0.801. The van der Waals surface area contributed by atoms with Gasteiger partial charge in [0.05, 0.1) is 11.9 Å². The molecular weight excluding hydrogens is 272 g/mol. The number of hydrogen-bond donors (Lipinski definition) is 1. The Morgan fingerprint density at radius 3 is 2.80 bits per heavy atom. The summed E-state index contributed by atoms with van der Waals surface area (Å²) in [6.07, 6.45) is 1.75. The fourth-order valence-electron chi connectivity index (χ4n) is 2.21. The maximum Gasteiger partial charge on any atom is 0.259 e. The van der Waals surface area contributed by atoms with Crippen LogP contribution in [0.25, 0.3) is 10.1 Å². The number of carbonyl (C=O) groups is 1. The zero-order valence-electron chi connectivity index (χ0n) is 10.6. The predicted molar refractivity (Wildman–Crippen MR) is 80.1 cm³/mol. The van der Waals surface area contributed by atoms with Crippen molar-refractivity contribution in [3.05, 3.63) is 69.5 Å². The third-order valence-electron chi connectivity index (χ3n) is 3.22. The number of nitrogens with two attached hydrogens (primary N) is 1. The number of aromatic nitrogens is 1. The number of primary amides is 1. The molecule has 0 atom stereocenters. The SMILES string of the molecule is NC(=O)c1ccccc1Cn1ccc2sccc2c1=O. The standard InChI is InChI=1S/C15H12N2O2S/c16-14(18)11-4-2-1-3-10(11)9-17-7-5-13-12(15(17)19)6-8-20-13/h1-8H,9H2,(H2,16,18). The van der Waals surface area contributed by atoms with Crippen molar-refractivity contribution in [2.24, 2.45) is 5.73 Å². The molecule has 2 aromatic heterocycles. The van der Waals surface area contributed by atoms with Crippen molar-refractivity contribution in [3.63, 3.8) is 0 Å². The molecule has 0 fully saturated rings. The van der Waals surface area contributed by atoms with E-state index in [1.165, 1.54) is 11.3 Å². The lowest BCUT2D eigenvalue weighted by Gasteiger charge is -2.09. The third-order valence-corrected chi connectivity index (χ3v) is 4.10. The first-order valence-corrected chi connectivity index (χ1v) is 6.99. The summed E-state index contributed by atoms with van der Waals surface area (Å²) >= 11 is 1.54. The normalized spacial score (nSPS) is 10.8. The molecule has 3 rings (SSSR count). The molecule has 0 unspecified atom stereocenters. The van der Waals surface area contributed by atoms with Crippen LogP contribution in [0.5, 0.6) is 0 Å². The maximum atomic E-state index is 12.3. The first-order valence-electron chi connectivity index (χ1n) is 6.11. The van der Waals surface area contributed by atoms with E-state index in [4.69, 9.17) is 5.73 Å². The fourth-order valence-corrected chi connectivity index (χ4v) is 2.99. The van der Waals surface area contributed by atoms with Gasteiger partial charge in [-0.05, 0) is 29.1 Å². The highest BCUT2D eigenvalue weighted by atomic mass is 32.1. The molecule has 0 aliphatic rings. The van der Waals surface area contributed by atoms with E-state index in [-0.39, 0.29) is 5.56 Å². The van der Waals surface area contributed by atoms with Crippen LogP contribution in [-0.4, -0.2) is 10.5 Å². The van der Waals surface area contributed by atoms with Crippen molar-refractivity contribution in [2.75, 3.05) is 0 Å². The highest BCUT2D eigenvalue weighted by Gasteiger charge is 2.09. The van der Waals surface area contributed by atoms with Crippen LogP contribution in [0.3, 0.4) is 0 Å². The summed E-state index contributed by atoms with van der Waals surface area (Å²) in [6.45, 7) is 0.337. The van der Waals surface area contributed by atoms with E-state index in [0.717, 1.165) is 10.3 Å². The van der Waals surface area contributed by atoms with Gasteiger partial charge in [-0.2, -0.15) is 0 Å². The highest BCUT2D eigenvalue weighted by Crippen LogP contribution is 2.17. The van der Waals surface area contributed by atoms with Gasteiger partial charge in [0.15, 0.2) is 0 Å². The van der Waals surface area contributed by atoms with E-state index < -0.39 is 5.91 Å². The van der Waals surface area contributed by atoms with Crippen molar-refractivity contribution in [3.8, 4) is 0 Å². The molecule has 100 valence electrons. The van der Waals surface area contributed by atoms with Crippen molar-refractivity contribution in [1.82, 2.24) is 4.57 Å². The summed E-state index contributed by atoms with van der Waals surface area (Å²) in [4.78, 5) is 23.7. The third kappa shape index (κ3) is 2.12. The number of carbonyl (C=O) groups excluding carboxylic acids is 1. The summed E-state index contributed by atoms with van der Waals surface area (Å²) < 4.78 is 2.56. The van der Waals surface area contributed by atoms with Gasteiger partial charge in [-0.15, -0.1) is 11.3 Å². The Morgan fingerprint density at radius 1 is 1.20 bits per heavy atom. The van der Waals surface area contributed by atoms with E-state index in [2.05, 4.69) is 0 Å². The lowest BCUT2D eigenvalue weighted by atomic mass is 10.1. The number of amides is 1. The highest BCUT2D eigenvalue weighted by molar-refractivity contribution is 7.17. The van der Waals surface area contributed by atoms with Crippen molar-refractivity contribution < 1.29 is 4.79 Å². The van der Waals surface area contributed by atoms with Gasteiger partial charge in [0.25, 0.3) is 5.56 Å². The molecule has 2 heterocycles. The number of pyridine rings is 1. The van der Waals surface area contributed by atoms with Gasteiger partial charge < -0.3 is 10.3 Å². The van der Waals surface area contributed by atoms with Crippen molar-refractivity contribution in [2.45, 2.75) is 6.54 Å². The molecule has 5 heteroatoms. The molecule has 1 amide bonds. The first-order chi connectivity index (χ1) is 9.66. The van der Waals surface area contributed by atoms with Gasteiger partial charge in [0.2, 0.25) is 5.91 Å². The monoisotopic (exact) mass is 284 g/mol. The summed E-state index contributed by atoms with van der Waals surface area (Å²) in [6, 6.07) is 10.8. The van der Waals surface area contributed by atoms with Crippen molar-refractivity contribution >= 4 is 27.3 Å². The van der Waals surface area contributed by atoms with E-state index >= 15 is 0 Å². The van der Waals surface area contributed by atoms with Crippen LogP contribution in [0.4, 0.5) is 0 Å². The van der Waals surface area contributed by atoms with Gasteiger partial charge in [-0.25, -0.2) is 0 Å². The molecule has 0 radical (unpaired) electrons. The van der Waals surface area contributed by atoms with E-state index in [0.29, 0.717) is 17.5 Å². The largest absolute Gasteiger partial charge is 0.366 e. The Labute approximate surface area is 119 Å². The molecule has 0 bridgehead atoms. The topological polar surface area (TPSA) is 65.1 Å². The van der Waals surface area contributed by atoms with E-state index in [1.54, 1.807) is 22.9 Å². The van der Waals surface area contributed by atoms with Crippen LogP contribution in [0, 0.1) is 0 Å². The van der Waals surface area contributed by atoms with Crippen LogP contribution in [0.2, 0.25) is 0 Å². The lowest BCUT2D eigenvalue weighted by Crippen LogP contribution is -2.22. The fraction of sp³-hybridized carbons (Fsp3) is 0.0667. The second-order valence-corrected chi connectivity index (χ2v) is 5.42. The number of hydrogen-bond acceptors (Lipinski definition) is 3. The average molecular weight is 284 g/mol. The predicted octanol–water partition coefficient (Wildman–Crippen LogP) is 2.21. The van der Waals surface area contributed by atoms with Crippen LogP contribution in [0.1, 0.15) is 15.9 Å². The summed E-state index contributed by atoms with van der Waals surface area (Å²) in [7, 11) is 0. The smallest absolute Gasteiger partial charge is 0.259 e. The Hall–Kier alpha value is -2.40. The van der Waals surface area contributed by atoms with Gasteiger partial charge in [0, 0.05) is 16.5 Å². The number of thiophene rings is 1. The number of benzene rings is 1. The number of rotatable bonds is 3. The molecule has 0 saturated heterocycles. The zero-order valence-corrected chi connectivity index (χ0v) is 11.4. The maximum absolute atomic E-state index is 12.3. The Morgan fingerprint density at radius 2 is 2.00 bits per heavy atom. The van der Waals surface area contributed by atoms with Gasteiger partial charge in [-0.3, -0.25) is 9.59 Å². The Balaban J connectivity index is 2.08. The molecule has 0 spiro atoms. The summed E-state index contributed by atoms with van der Waals surface area (Å²) in [5.74, 6) is -0.481. The van der Waals surface area contributed by atoms with Gasteiger partial charge in [0.1, 0.15) is 0 Å². The average Bonchev–Trinajstić information content (AvgIpc) is 2.91. The van der Waals surface area contributed by atoms with Gasteiger partial charge >= 0.3 is 0 Å². The molecule has 3 aromatic rings. The first kappa shape index (κ1) is 12.6. The number of nitrogens with zero attached hydrogens (tertiary/aromatic N) is 1. The molecule has 4 nitrogen and oxygen atoms in total. The van der Waals surface area contributed by atoms with Crippen LogP contribution < -0.4 is 11.3 Å². The molecular formula is C15H12N2O2S. The molecule has 0 aliphatic heterocycles. The van der Waals surface area contributed by atoms with Crippen LogP contribution in [0.15, 0.2) is 52.8 Å². The van der Waals surface area contributed by atoms with Gasteiger partial charge in [-0.1, -0.05) is 18.2 Å². The second kappa shape index (κ2) is 4.94. The molecule has 0 saturated carbocycles. The summed E-state index contributed by atoms with van der Waals surface area (Å²) in [5, 5.41) is 2.60. The minimum Gasteiger partial charge on any atom is -0.366 e. The second-order valence-electron chi connectivity index (χ2n) is 4.47. The van der Waals surface area contributed by atoms with E-state index in [9.17, 15) is 9.59 Å². The summed E-state index contributed by atoms with van der Waals surface area (Å²) in [5.41, 5.74) is 6.50. The number of fused-ring (bicyclic) bond motifs is 1. The van der Waals surface area contributed by atoms with E-state index in [1.807, 2.05) is 29.6 Å². The van der Waals surface area contributed by atoms with Crippen molar-refractivity contribution in [1.29, 1.82) is 0 Å². The minimum atomic E-state index is -0.481. The molecule has 0 aliphatic carbocycles.